The molecule has 0 unspecified atom stereocenters. The summed E-state index contributed by atoms with van der Waals surface area (Å²) in [5.74, 6) is 0.126. The van der Waals surface area contributed by atoms with Gasteiger partial charge in [0.05, 0.1) is 15.7 Å². The molecule has 0 bridgehead atoms. The van der Waals surface area contributed by atoms with E-state index in [0.717, 1.165) is 0 Å². The summed E-state index contributed by atoms with van der Waals surface area (Å²) in [7, 11) is 0. The summed E-state index contributed by atoms with van der Waals surface area (Å²) in [5.41, 5.74) is 1.24. The summed E-state index contributed by atoms with van der Waals surface area (Å²) in [6.45, 7) is 0. The lowest BCUT2D eigenvalue weighted by Crippen LogP contribution is -2.19. The Morgan fingerprint density at radius 3 is 2.42 bits per heavy atom. The van der Waals surface area contributed by atoms with E-state index in [1.165, 1.54) is 0 Å². The van der Waals surface area contributed by atoms with Crippen LogP contribution < -0.4 is 10.6 Å². The lowest BCUT2D eigenvalue weighted by atomic mass is 10.3. The van der Waals surface area contributed by atoms with E-state index in [0.29, 0.717) is 26.5 Å². The molecule has 6 heteroatoms. The van der Waals surface area contributed by atoms with Gasteiger partial charge in [-0.2, -0.15) is 0 Å². The van der Waals surface area contributed by atoms with Crippen molar-refractivity contribution in [3.05, 3.63) is 52.5 Å². The standard InChI is InChI=1S/C13H10Cl2N2OS/c14-9-6-5-8(7-10(9)15)16-13(19)17-11-3-1-2-4-12(11)18/h1-7,18H,(H2,16,17,19). The molecule has 0 aliphatic carbocycles. The number of phenols is 1. The molecule has 19 heavy (non-hydrogen) atoms. The predicted molar refractivity (Wildman–Crippen MR) is 84.4 cm³/mol. The molecular formula is C13H10Cl2N2OS. The van der Waals surface area contributed by atoms with Crippen LogP contribution in [0.5, 0.6) is 5.75 Å². The van der Waals surface area contributed by atoms with Gasteiger partial charge < -0.3 is 15.7 Å². The van der Waals surface area contributed by atoms with Crippen molar-refractivity contribution in [3.63, 3.8) is 0 Å². The van der Waals surface area contributed by atoms with Crippen molar-refractivity contribution in [2.24, 2.45) is 0 Å². The highest BCUT2D eigenvalue weighted by molar-refractivity contribution is 7.80. The van der Waals surface area contributed by atoms with Crippen molar-refractivity contribution in [2.45, 2.75) is 0 Å². The van der Waals surface area contributed by atoms with Gasteiger partial charge in [-0.05, 0) is 42.5 Å². The molecule has 2 aromatic rings. The number of para-hydroxylation sites is 2. The van der Waals surface area contributed by atoms with Crippen LogP contribution in [0.25, 0.3) is 0 Å². The molecule has 0 saturated heterocycles. The first-order valence-electron chi connectivity index (χ1n) is 5.37. The SMILES string of the molecule is Oc1ccccc1NC(=S)Nc1ccc(Cl)c(Cl)c1. The lowest BCUT2D eigenvalue weighted by Gasteiger charge is -2.12. The second-order valence-electron chi connectivity index (χ2n) is 3.73. The van der Waals surface area contributed by atoms with Crippen LogP contribution in [0.15, 0.2) is 42.5 Å². The Morgan fingerprint density at radius 2 is 1.74 bits per heavy atom. The van der Waals surface area contributed by atoms with Crippen molar-refractivity contribution in [1.82, 2.24) is 0 Å². The maximum absolute atomic E-state index is 9.62. The summed E-state index contributed by atoms with van der Waals surface area (Å²) >= 11 is 16.9. The number of hydrogen-bond donors (Lipinski definition) is 3. The van der Waals surface area contributed by atoms with Crippen LogP contribution in [0.2, 0.25) is 10.0 Å². The summed E-state index contributed by atoms with van der Waals surface area (Å²) in [6, 6.07) is 11.9. The van der Waals surface area contributed by atoms with E-state index in [-0.39, 0.29) is 5.75 Å². The third kappa shape index (κ3) is 3.73. The molecule has 0 atom stereocenters. The average Bonchev–Trinajstić information content (AvgIpc) is 2.37. The smallest absolute Gasteiger partial charge is 0.175 e. The molecule has 3 N–H and O–H groups in total. The number of rotatable bonds is 2. The highest BCUT2D eigenvalue weighted by Crippen LogP contribution is 2.26. The highest BCUT2D eigenvalue weighted by atomic mass is 35.5. The molecule has 0 fully saturated rings. The molecule has 0 spiro atoms. The number of benzene rings is 2. The summed E-state index contributed by atoms with van der Waals surface area (Å²) in [5, 5.41) is 16.7. The maximum Gasteiger partial charge on any atom is 0.175 e. The maximum atomic E-state index is 9.62. The van der Waals surface area contributed by atoms with Gasteiger partial charge in [0, 0.05) is 5.69 Å². The number of halogens is 2. The second kappa shape index (κ2) is 6.10. The minimum absolute atomic E-state index is 0.126. The van der Waals surface area contributed by atoms with Gasteiger partial charge in [0.15, 0.2) is 5.11 Å². The van der Waals surface area contributed by atoms with Crippen molar-refractivity contribution in [3.8, 4) is 5.75 Å². The molecule has 0 heterocycles. The second-order valence-corrected chi connectivity index (χ2v) is 4.95. The van der Waals surface area contributed by atoms with Crippen molar-refractivity contribution in [2.75, 3.05) is 10.6 Å². The Labute approximate surface area is 126 Å². The van der Waals surface area contributed by atoms with Crippen molar-refractivity contribution >= 4 is 51.9 Å². The van der Waals surface area contributed by atoms with Gasteiger partial charge in [0.2, 0.25) is 0 Å². The topological polar surface area (TPSA) is 44.3 Å². The Kier molecular flexibility index (Phi) is 4.47. The van der Waals surface area contributed by atoms with Crippen molar-refractivity contribution < 1.29 is 5.11 Å². The zero-order valence-electron chi connectivity index (χ0n) is 9.65. The molecule has 0 saturated carbocycles. The Hall–Kier alpha value is -1.49. The van der Waals surface area contributed by atoms with Gasteiger partial charge in [-0.25, -0.2) is 0 Å². The van der Waals surface area contributed by atoms with E-state index in [1.807, 2.05) is 0 Å². The largest absolute Gasteiger partial charge is 0.506 e. The fourth-order valence-electron chi connectivity index (χ4n) is 1.44. The number of aromatic hydroxyl groups is 1. The molecule has 2 rings (SSSR count). The fraction of sp³-hybridized carbons (Fsp3) is 0. The van der Waals surface area contributed by atoms with E-state index < -0.39 is 0 Å². The van der Waals surface area contributed by atoms with E-state index in [9.17, 15) is 5.11 Å². The first-order valence-corrected chi connectivity index (χ1v) is 6.54. The average molecular weight is 313 g/mol. The third-order valence-corrected chi connectivity index (χ3v) is 3.27. The normalized spacial score (nSPS) is 10.0. The fourth-order valence-corrected chi connectivity index (χ4v) is 1.96. The van der Waals surface area contributed by atoms with Crippen LogP contribution in [0.4, 0.5) is 11.4 Å². The summed E-state index contributed by atoms with van der Waals surface area (Å²) in [4.78, 5) is 0. The van der Waals surface area contributed by atoms with Gasteiger partial charge in [-0.3, -0.25) is 0 Å². The van der Waals surface area contributed by atoms with Crippen LogP contribution in [0.1, 0.15) is 0 Å². The molecule has 0 radical (unpaired) electrons. The highest BCUT2D eigenvalue weighted by Gasteiger charge is 2.04. The monoisotopic (exact) mass is 312 g/mol. The number of anilines is 2. The molecule has 98 valence electrons. The van der Waals surface area contributed by atoms with Crippen LogP contribution in [-0.4, -0.2) is 10.2 Å². The number of hydrogen-bond acceptors (Lipinski definition) is 2. The van der Waals surface area contributed by atoms with Crippen LogP contribution >= 0.6 is 35.4 Å². The van der Waals surface area contributed by atoms with Gasteiger partial charge in [0.1, 0.15) is 5.75 Å². The van der Waals surface area contributed by atoms with Crippen LogP contribution in [0.3, 0.4) is 0 Å². The van der Waals surface area contributed by atoms with Gasteiger partial charge in [-0.1, -0.05) is 35.3 Å². The number of thiocarbonyl (C=S) groups is 1. The van der Waals surface area contributed by atoms with Crippen LogP contribution in [0, 0.1) is 0 Å². The number of nitrogens with one attached hydrogen (secondary N) is 2. The van der Waals surface area contributed by atoms with E-state index in [1.54, 1.807) is 42.5 Å². The molecule has 0 amide bonds. The molecular weight excluding hydrogens is 303 g/mol. The van der Waals surface area contributed by atoms with Gasteiger partial charge >= 0.3 is 0 Å². The molecule has 2 aromatic carbocycles. The van der Waals surface area contributed by atoms with E-state index >= 15 is 0 Å². The third-order valence-electron chi connectivity index (χ3n) is 2.33. The molecule has 0 aliphatic rings. The number of phenolic OH excluding ortho intramolecular Hbond substituents is 1. The van der Waals surface area contributed by atoms with E-state index in [2.05, 4.69) is 10.6 Å². The van der Waals surface area contributed by atoms with Gasteiger partial charge in [-0.15, -0.1) is 0 Å². The molecule has 0 aliphatic heterocycles. The van der Waals surface area contributed by atoms with Gasteiger partial charge in [0.25, 0.3) is 0 Å². The van der Waals surface area contributed by atoms with Crippen LogP contribution in [-0.2, 0) is 0 Å². The Bertz CT molecular complexity index is 619. The zero-order chi connectivity index (χ0) is 13.8. The minimum atomic E-state index is 0.126. The lowest BCUT2D eigenvalue weighted by molar-refractivity contribution is 0.478. The Morgan fingerprint density at radius 1 is 1.00 bits per heavy atom. The quantitative estimate of drug-likeness (QED) is 0.564. The van der Waals surface area contributed by atoms with E-state index in [4.69, 9.17) is 35.4 Å². The summed E-state index contributed by atoms with van der Waals surface area (Å²) in [6.07, 6.45) is 0. The first-order chi connectivity index (χ1) is 9.06. The Balaban J connectivity index is 2.05. The summed E-state index contributed by atoms with van der Waals surface area (Å²) < 4.78 is 0. The minimum Gasteiger partial charge on any atom is -0.506 e. The predicted octanol–water partition coefficient (Wildman–Crippen LogP) is 4.51. The van der Waals surface area contributed by atoms with Crippen molar-refractivity contribution in [1.29, 1.82) is 0 Å². The molecule has 0 aromatic heterocycles. The molecule has 3 nitrogen and oxygen atoms in total. The zero-order valence-corrected chi connectivity index (χ0v) is 12.0. The first kappa shape index (κ1) is 13.9.